The van der Waals surface area contributed by atoms with E-state index in [1.165, 1.54) is 0 Å². The lowest BCUT2D eigenvalue weighted by atomic mass is 10.4. The lowest BCUT2D eigenvalue weighted by molar-refractivity contribution is -0.591. The molecular weight excluding hydrogens is 159 g/mol. The Morgan fingerprint density at radius 3 is 2.80 bits per heavy atom. The Kier molecular flexibility index (Phi) is 1.63. The third-order valence-electron chi connectivity index (χ3n) is 0.987. The third kappa shape index (κ3) is 1.11. The Balaban J connectivity index is 3.31. The highest BCUT2D eigenvalue weighted by atomic mass is 35.5. The highest BCUT2D eigenvalue weighted by Gasteiger charge is 2.06. The van der Waals surface area contributed by atoms with Crippen LogP contribution in [0.1, 0.15) is 0 Å². The average Bonchev–Trinajstić information content (AvgIpc) is 1.82. The van der Waals surface area contributed by atoms with Crippen molar-refractivity contribution < 1.29 is 9.12 Å². The lowest BCUT2D eigenvalue weighted by Gasteiger charge is -2.03. The highest BCUT2D eigenvalue weighted by Crippen LogP contribution is 2.10. The Morgan fingerprint density at radius 2 is 2.30 bits per heavy atom. The van der Waals surface area contributed by atoms with Crippen molar-refractivity contribution in [2.75, 3.05) is 5.73 Å². The summed E-state index contributed by atoms with van der Waals surface area (Å²) < 4.78 is 12.6. The SMILES string of the molecule is Nc1c(F)cc(Cl)c[n+]1[O-]. The molecule has 0 atom stereocenters. The van der Waals surface area contributed by atoms with Crippen LogP contribution in [0.2, 0.25) is 5.02 Å². The molecule has 0 radical (unpaired) electrons. The van der Waals surface area contributed by atoms with Crippen LogP contribution in [0.4, 0.5) is 10.2 Å². The summed E-state index contributed by atoms with van der Waals surface area (Å²) in [5.74, 6) is -1.27. The van der Waals surface area contributed by atoms with Gasteiger partial charge in [-0.15, -0.1) is 0 Å². The monoisotopic (exact) mass is 162 g/mol. The first kappa shape index (κ1) is 7.08. The molecule has 0 fully saturated rings. The number of hydrogen-bond donors (Lipinski definition) is 1. The lowest BCUT2D eigenvalue weighted by Crippen LogP contribution is -2.31. The van der Waals surface area contributed by atoms with Gasteiger partial charge in [-0.2, -0.15) is 4.39 Å². The molecule has 54 valence electrons. The maximum atomic E-state index is 12.4. The Morgan fingerprint density at radius 1 is 1.70 bits per heavy atom. The number of nitrogens with two attached hydrogens (primary N) is 1. The molecule has 5 heteroatoms. The van der Waals surface area contributed by atoms with E-state index in [1.807, 2.05) is 0 Å². The van der Waals surface area contributed by atoms with E-state index in [-0.39, 0.29) is 9.75 Å². The van der Waals surface area contributed by atoms with E-state index in [2.05, 4.69) is 0 Å². The summed E-state index contributed by atoms with van der Waals surface area (Å²) >= 11 is 5.31. The number of pyridine rings is 1. The fourth-order valence-electron chi connectivity index (χ4n) is 0.519. The minimum atomic E-state index is -0.803. The molecular formula is C5H4ClFN2O. The molecule has 3 nitrogen and oxygen atoms in total. The van der Waals surface area contributed by atoms with E-state index in [0.29, 0.717) is 0 Å². The minimum absolute atomic E-state index is 0.0294. The first-order chi connectivity index (χ1) is 4.61. The summed E-state index contributed by atoms with van der Waals surface area (Å²) in [4.78, 5) is 0. The van der Waals surface area contributed by atoms with Gasteiger partial charge in [0.2, 0.25) is 5.82 Å². The second-order valence-electron chi connectivity index (χ2n) is 1.72. The van der Waals surface area contributed by atoms with Crippen LogP contribution in [-0.2, 0) is 0 Å². The maximum absolute atomic E-state index is 12.4. The Labute approximate surface area is 61.4 Å². The van der Waals surface area contributed by atoms with Gasteiger partial charge in [-0.3, -0.25) is 5.73 Å². The van der Waals surface area contributed by atoms with Gasteiger partial charge in [0.05, 0.1) is 5.02 Å². The van der Waals surface area contributed by atoms with Crippen LogP contribution in [-0.4, -0.2) is 0 Å². The van der Waals surface area contributed by atoms with Gasteiger partial charge in [-0.25, -0.2) is 4.73 Å². The van der Waals surface area contributed by atoms with Crippen molar-refractivity contribution in [3.05, 3.63) is 28.3 Å². The number of aromatic nitrogens is 1. The van der Waals surface area contributed by atoms with Gasteiger partial charge in [0, 0.05) is 6.07 Å². The number of hydrogen-bond acceptors (Lipinski definition) is 2. The summed E-state index contributed by atoms with van der Waals surface area (Å²) in [6.07, 6.45) is 0.986. The van der Waals surface area contributed by atoms with Crippen molar-refractivity contribution in [3.63, 3.8) is 0 Å². The van der Waals surface area contributed by atoms with Crippen molar-refractivity contribution in [1.29, 1.82) is 0 Å². The predicted molar refractivity (Wildman–Crippen MR) is 34.8 cm³/mol. The second-order valence-corrected chi connectivity index (χ2v) is 2.15. The van der Waals surface area contributed by atoms with Gasteiger partial charge in [0.15, 0.2) is 0 Å². The van der Waals surface area contributed by atoms with Gasteiger partial charge in [0.25, 0.3) is 0 Å². The Hall–Kier alpha value is -1.03. The van der Waals surface area contributed by atoms with Gasteiger partial charge < -0.3 is 5.21 Å². The molecule has 1 heterocycles. The van der Waals surface area contributed by atoms with E-state index >= 15 is 0 Å². The number of nitrogen functional groups attached to an aromatic ring is 1. The minimum Gasteiger partial charge on any atom is -0.710 e. The standard InChI is InChI=1S/C5H4ClFN2O/c6-3-1-4(7)5(8)9(10)2-3/h1-2H,8H2. The topological polar surface area (TPSA) is 53.0 Å². The van der Waals surface area contributed by atoms with E-state index < -0.39 is 11.6 Å². The molecule has 0 aromatic carbocycles. The summed E-state index contributed by atoms with van der Waals surface area (Å²) in [6.45, 7) is 0. The maximum Gasteiger partial charge on any atom is 0.312 e. The fraction of sp³-hybridized carbons (Fsp3) is 0. The molecule has 1 aromatic heterocycles. The molecule has 10 heavy (non-hydrogen) atoms. The van der Waals surface area contributed by atoms with E-state index in [4.69, 9.17) is 17.3 Å². The normalized spacial score (nSPS) is 9.80. The molecule has 0 aliphatic carbocycles. The highest BCUT2D eigenvalue weighted by molar-refractivity contribution is 6.30. The van der Waals surface area contributed by atoms with E-state index in [1.54, 1.807) is 0 Å². The largest absolute Gasteiger partial charge is 0.710 e. The molecule has 1 rings (SSSR count). The number of halogens is 2. The quantitative estimate of drug-likeness (QED) is 0.451. The Bertz CT molecular complexity index is 243. The second kappa shape index (κ2) is 2.30. The van der Waals surface area contributed by atoms with Gasteiger partial charge in [-0.05, 0) is 0 Å². The van der Waals surface area contributed by atoms with E-state index in [9.17, 15) is 9.60 Å². The van der Waals surface area contributed by atoms with Crippen molar-refractivity contribution in [2.45, 2.75) is 0 Å². The van der Waals surface area contributed by atoms with Crippen LogP contribution in [0.25, 0.3) is 0 Å². The van der Waals surface area contributed by atoms with Crippen LogP contribution in [0.15, 0.2) is 12.3 Å². The molecule has 2 N–H and O–H groups in total. The smallest absolute Gasteiger partial charge is 0.312 e. The van der Waals surface area contributed by atoms with Crippen LogP contribution >= 0.6 is 11.6 Å². The molecule has 0 aliphatic heterocycles. The van der Waals surface area contributed by atoms with Crippen LogP contribution in [0.5, 0.6) is 0 Å². The number of rotatable bonds is 0. The van der Waals surface area contributed by atoms with Crippen molar-refractivity contribution in [1.82, 2.24) is 0 Å². The van der Waals surface area contributed by atoms with E-state index in [0.717, 1.165) is 12.3 Å². The first-order valence-corrected chi connectivity index (χ1v) is 2.83. The molecule has 0 spiro atoms. The molecule has 1 aromatic rings. The molecule has 0 aliphatic rings. The fourth-order valence-corrected chi connectivity index (χ4v) is 0.704. The summed E-state index contributed by atoms with van der Waals surface area (Å²) in [7, 11) is 0. The third-order valence-corrected chi connectivity index (χ3v) is 1.19. The van der Waals surface area contributed by atoms with Crippen LogP contribution < -0.4 is 10.5 Å². The molecule has 0 saturated heterocycles. The van der Waals surface area contributed by atoms with Crippen molar-refractivity contribution in [3.8, 4) is 0 Å². The van der Waals surface area contributed by atoms with Crippen LogP contribution in [0.3, 0.4) is 0 Å². The predicted octanol–water partition coefficient (Wildman–Crippen LogP) is 0.695. The van der Waals surface area contributed by atoms with Crippen LogP contribution in [0, 0.1) is 11.0 Å². The van der Waals surface area contributed by atoms with Crippen molar-refractivity contribution >= 4 is 17.4 Å². The molecule has 0 amide bonds. The van der Waals surface area contributed by atoms with Gasteiger partial charge in [-0.1, -0.05) is 11.6 Å². The summed E-state index contributed by atoms with van der Waals surface area (Å²) in [5.41, 5.74) is 4.97. The van der Waals surface area contributed by atoms with Gasteiger partial charge >= 0.3 is 5.82 Å². The zero-order valence-corrected chi connectivity index (χ0v) is 5.60. The first-order valence-electron chi connectivity index (χ1n) is 2.45. The van der Waals surface area contributed by atoms with Gasteiger partial charge in [0.1, 0.15) is 6.20 Å². The number of anilines is 1. The summed E-state index contributed by atoms with van der Waals surface area (Å²) in [6, 6.07) is 0.977. The molecule has 0 bridgehead atoms. The zero-order chi connectivity index (χ0) is 7.72. The zero-order valence-electron chi connectivity index (χ0n) is 4.84. The summed E-state index contributed by atoms with van der Waals surface area (Å²) in [5, 5.41) is 10.6. The molecule has 0 unspecified atom stereocenters. The average molecular weight is 163 g/mol. The number of nitrogens with zero attached hydrogens (tertiary/aromatic N) is 1. The van der Waals surface area contributed by atoms with Crippen molar-refractivity contribution in [2.24, 2.45) is 0 Å². The molecule has 0 saturated carbocycles.